The Morgan fingerprint density at radius 2 is 1.07 bits per heavy atom. The molecule has 5 aromatic carbocycles. The highest BCUT2D eigenvalue weighted by molar-refractivity contribution is 6.21. The van der Waals surface area contributed by atoms with Gasteiger partial charge in [0.1, 0.15) is 0 Å². The lowest BCUT2D eigenvalue weighted by Gasteiger charge is -2.29. The van der Waals surface area contributed by atoms with E-state index in [1.807, 2.05) is 24.4 Å². The molecule has 0 radical (unpaired) electrons. The van der Waals surface area contributed by atoms with E-state index in [1.165, 1.54) is 49.5 Å². The van der Waals surface area contributed by atoms with Crippen molar-refractivity contribution in [3.63, 3.8) is 0 Å². The average molecular weight is 519 g/mol. The summed E-state index contributed by atoms with van der Waals surface area (Å²) in [5, 5.41) is 5.08. The molecule has 3 heteroatoms. The van der Waals surface area contributed by atoms with Gasteiger partial charge in [0, 0.05) is 25.0 Å². The Bertz CT molecular complexity index is 1740. The van der Waals surface area contributed by atoms with Crippen LogP contribution < -0.4 is 4.90 Å². The van der Waals surface area contributed by atoms with Gasteiger partial charge in [-0.05, 0) is 79.7 Å². The molecule has 194 valence electrons. The molecule has 6 aromatic rings. The largest absolute Gasteiger partial charge is 0.378 e. The third kappa shape index (κ3) is 4.66. The Labute approximate surface area is 235 Å². The highest BCUT2D eigenvalue weighted by Gasteiger charge is 2.17. The summed E-state index contributed by atoms with van der Waals surface area (Å²) >= 11 is 0. The molecule has 3 nitrogen and oxygen atoms in total. The Morgan fingerprint density at radius 3 is 1.60 bits per heavy atom. The monoisotopic (exact) mass is 518 g/mol. The van der Waals surface area contributed by atoms with Gasteiger partial charge >= 0.3 is 0 Å². The molecule has 0 atom stereocenters. The average Bonchev–Trinajstić information content (AvgIpc) is 3.04. The minimum Gasteiger partial charge on any atom is -0.378 e. The molecule has 0 N–H and O–H groups in total. The van der Waals surface area contributed by atoms with Gasteiger partial charge in [0.25, 0.3) is 0 Å². The first-order valence-electron chi connectivity index (χ1n) is 13.9. The van der Waals surface area contributed by atoms with E-state index in [-0.39, 0.29) is 0 Å². The summed E-state index contributed by atoms with van der Waals surface area (Å²) in [6.07, 6.45) is 5.99. The lowest BCUT2D eigenvalue weighted by Crippen LogP contribution is -2.36. The van der Waals surface area contributed by atoms with Crippen LogP contribution in [0.1, 0.15) is 11.3 Å². The van der Waals surface area contributed by atoms with E-state index in [4.69, 9.17) is 4.74 Å². The topological polar surface area (TPSA) is 25.4 Å². The van der Waals surface area contributed by atoms with Gasteiger partial charge in [-0.1, -0.05) is 97.1 Å². The summed E-state index contributed by atoms with van der Waals surface area (Å²) in [5.74, 6) is 0. The zero-order valence-electron chi connectivity index (χ0n) is 22.3. The van der Waals surface area contributed by atoms with E-state index in [1.54, 1.807) is 0 Å². The molecule has 0 amide bonds. The highest BCUT2D eigenvalue weighted by Crippen LogP contribution is 2.43. The number of fused-ring (bicyclic) bond motifs is 2. The molecule has 0 aliphatic carbocycles. The van der Waals surface area contributed by atoms with Crippen molar-refractivity contribution < 1.29 is 4.74 Å². The normalized spacial score (nSPS) is 13.8. The Morgan fingerprint density at radius 1 is 0.550 bits per heavy atom. The summed E-state index contributed by atoms with van der Waals surface area (Å²) in [5.41, 5.74) is 8.40. The molecule has 7 rings (SSSR count). The number of benzene rings is 5. The maximum Gasteiger partial charge on any atom is 0.0642 e. The Hall–Kier alpha value is -4.73. The fraction of sp³-hybridized carbons (Fsp3) is 0.108. The van der Waals surface area contributed by atoms with E-state index in [0.29, 0.717) is 0 Å². The summed E-state index contributed by atoms with van der Waals surface area (Å²) in [6.45, 7) is 3.47. The molecule has 0 bridgehead atoms. The third-order valence-corrected chi connectivity index (χ3v) is 7.80. The van der Waals surface area contributed by atoms with Crippen molar-refractivity contribution in [2.24, 2.45) is 0 Å². The summed E-state index contributed by atoms with van der Waals surface area (Å²) in [4.78, 5) is 6.80. The molecular formula is C37H30N2O. The molecule has 0 spiro atoms. The van der Waals surface area contributed by atoms with Gasteiger partial charge in [0.2, 0.25) is 0 Å². The van der Waals surface area contributed by atoms with E-state index < -0.39 is 0 Å². The number of aromatic nitrogens is 1. The van der Waals surface area contributed by atoms with Gasteiger partial charge in [-0.15, -0.1) is 0 Å². The van der Waals surface area contributed by atoms with Gasteiger partial charge in [-0.25, -0.2) is 0 Å². The highest BCUT2D eigenvalue weighted by atomic mass is 16.5. The smallest absolute Gasteiger partial charge is 0.0642 e. The van der Waals surface area contributed by atoms with Crippen molar-refractivity contribution in [3.8, 4) is 22.3 Å². The van der Waals surface area contributed by atoms with Crippen molar-refractivity contribution in [1.29, 1.82) is 0 Å². The lowest BCUT2D eigenvalue weighted by atomic mass is 9.86. The molecule has 2 heterocycles. The van der Waals surface area contributed by atoms with E-state index in [9.17, 15) is 0 Å². The lowest BCUT2D eigenvalue weighted by molar-refractivity contribution is 0.122. The fourth-order valence-corrected chi connectivity index (χ4v) is 5.83. The number of rotatable bonds is 5. The van der Waals surface area contributed by atoms with Gasteiger partial charge in [0.05, 0.1) is 18.9 Å². The van der Waals surface area contributed by atoms with Crippen molar-refractivity contribution in [1.82, 2.24) is 4.98 Å². The minimum absolute atomic E-state index is 0.792. The van der Waals surface area contributed by atoms with Crippen LogP contribution in [0.3, 0.4) is 0 Å². The zero-order valence-corrected chi connectivity index (χ0v) is 22.3. The number of pyridine rings is 1. The molecule has 1 fully saturated rings. The number of nitrogens with zero attached hydrogens (tertiary/aromatic N) is 2. The second-order valence-electron chi connectivity index (χ2n) is 10.2. The van der Waals surface area contributed by atoms with Crippen LogP contribution in [0.25, 0.3) is 56.0 Å². The van der Waals surface area contributed by atoms with Crippen LogP contribution in [0.15, 0.2) is 121 Å². The zero-order chi connectivity index (χ0) is 26.7. The van der Waals surface area contributed by atoms with Crippen molar-refractivity contribution in [3.05, 3.63) is 133 Å². The number of anilines is 1. The van der Waals surface area contributed by atoms with E-state index in [2.05, 4.69) is 119 Å². The number of morpholine rings is 1. The predicted molar refractivity (Wildman–Crippen MR) is 169 cm³/mol. The van der Waals surface area contributed by atoms with Gasteiger partial charge in [-0.2, -0.15) is 0 Å². The number of ether oxygens (including phenoxy) is 1. The molecule has 0 saturated carbocycles. The quantitative estimate of drug-likeness (QED) is 0.213. The fourth-order valence-electron chi connectivity index (χ4n) is 5.83. The number of hydrogen-bond donors (Lipinski definition) is 0. The van der Waals surface area contributed by atoms with Gasteiger partial charge in [0.15, 0.2) is 0 Å². The first-order valence-corrected chi connectivity index (χ1v) is 13.9. The Balaban J connectivity index is 1.33. The van der Waals surface area contributed by atoms with Crippen molar-refractivity contribution in [2.45, 2.75) is 0 Å². The first kappa shape index (κ1) is 24.3. The molecular weight excluding hydrogens is 488 g/mol. The molecule has 1 saturated heterocycles. The Kier molecular flexibility index (Phi) is 6.57. The second kappa shape index (κ2) is 10.8. The van der Waals surface area contributed by atoms with Crippen LogP contribution in [-0.2, 0) is 4.74 Å². The summed E-state index contributed by atoms with van der Waals surface area (Å²) < 4.78 is 5.55. The van der Waals surface area contributed by atoms with E-state index in [0.717, 1.165) is 37.6 Å². The van der Waals surface area contributed by atoms with Crippen LogP contribution in [0, 0.1) is 0 Å². The number of hydrogen-bond acceptors (Lipinski definition) is 3. The summed E-state index contributed by atoms with van der Waals surface area (Å²) in [7, 11) is 0. The maximum absolute atomic E-state index is 5.55. The van der Waals surface area contributed by atoms with Gasteiger partial charge < -0.3 is 9.64 Å². The standard InChI is InChI=1S/C37H30N2O/c1-3-10-34-32(8-1)36(28-15-12-27(13-16-28)14-19-30-7-5-6-22-38-30)33-9-2-4-11-35(33)37(34)29-17-20-31(21-18-29)39-23-25-40-26-24-39/h1-22H,23-26H2/b19-14+. The SMILES string of the molecule is C(=C\c1ccccn1)/c1ccc(-c2c3ccccc3c(-c3ccc(N4CCOCC4)cc3)c3ccccc23)cc1. The van der Waals surface area contributed by atoms with Crippen LogP contribution >= 0.6 is 0 Å². The third-order valence-electron chi connectivity index (χ3n) is 7.80. The molecule has 1 aliphatic rings. The maximum atomic E-state index is 5.55. The molecule has 0 unspecified atom stereocenters. The molecule has 40 heavy (non-hydrogen) atoms. The van der Waals surface area contributed by atoms with Crippen molar-refractivity contribution >= 4 is 39.4 Å². The van der Waals surface area contributed by atoms with Crippen molar-refractivity contribution in [2.75, 3.05) is 31.2 Å². The van der Waals surface area contributed by atoms with E-state index >= 15 is 0 Å². The van der Waals surface area contributed by atoms with Crippen LogP contribution in [-0.4, -0.2) is 31.3 Å². The van der Waals surface area contributed by atoms with Crippen LogP contribution in [0.2, 0.25) is 0 Å². The summed E-state index contributed by atoms with van der Waals surface area (Å²) in [6, 6.07) is 41.5. The predicted octanol–water partition coefficient (Wildman–Crippen LogP) is 8.73. The van der Waals surface area contributed by atoms with Gasteiger partial charge in [-0.3, -0.25) is 4.98 Å². The van der Waals surface area contributed by atoms with Crippen LogP contribution in [0.4, 0.5) is 5.69 Å². The first-order chi connectivity index (χ1) is 19.8. The second-order valence-corrected chi connectivity index (χ2v) is 10.2. The molecule has 1 aromatic heterocycles. The van der Waals surface area contributed by atoms with Crippen LogP contribution in [0.5, 0.6) is 0 Å². The minimum atomic E-state index is 0.792. The molecule has 1 aliphatic heterocycles.